The number of hydrogen-bond acceptors (Lipinski definition) is 5. The molecule has 0 unspecified atom stereocenters. The number of rotatable bonds is 4. The average molecular weight is 405 g/mol. The lowest BCUT2D eigenvalue weighted by Gasteiger charge is -2.25. The maximum atomic E-state index is 11.7. The first-order chi connectivity index (χ1) is 14.5. The molecule has 3 aromatic rings. The van der Waals surface area contributed by atoms with Crippen molar-refractivity contribution in [2.24, 2.45) is 13.0 Å². The first-order valence-corrected chi connectivity index (χ1v) is 10.8. The molecule has 6 heteroatoms. The van der Waals surface area contributed by atoms with E-state index in [1.807, 2.05) is 19.3 Å². The number of carbonyl (C=O) groups is 1. The second-order valence-electron chi connectivity index (χ2n) is 8.88. The van der Waals surface area contributed by atoms with Gasteiger partial charge in [0, 0.05) is 50.7 Å². The molecule has 1 aliphatic carbocycles. The molecule has 3 heterocycles. The van der Waals surface area contributed by atoms with Gasteiger partial charge in [-0.05, 0) is 50.1 Å². The molecule has 0 radical (unpaired) electrons. The van der Waals surface area contributed by atoms with Gasteiger partial charge in [0.25, 0.3) is 0 Å². The highest BCUT2D eigenvalue weighted by Gasteiger charge is 2.29. The molecule has 6 nitrogen and oxygen atoms in total. The molecule has 1 saturated carbocycles. The van der Waals surface area contributed by atoms with E-state index in [1.165, 1.54) is 11.1 Å². The first-order valence-electron chi connectivity index (χ1n) is 10.8. The Morgan fingerprint density at radius 1 is 1.17 bits per heavy atom. The summed E-state index contributed by atoms with van der Waals surface area (Å²) in [4.78, 5) is 19.0. The number of fused-ring (bicyclic) bond motifs is 2. The minimum Gasteiger partial charge on any atom is -0.474 e. The number of carbonyl (C=O) groups excluding carboxylic acids is 1. The maximum Gasteiger partial charge on any atom is 0.225 e. The van der Waals surface area contributed by atoms with Gasteiger partial charge in [-0.25, -0.2) is 4.98 Å². The van der Waals surface area contributed by atoms with E-state index in [0.29, 0.717) is 24.5 Å². The van der Waals surface area contributed by atoms with Crippen molar-refractivity contribution in [2.75, 3.05) is 13.6 Å². The number of hydrogen-bond donors (Lipinski definition) is 0. The highest BCUT2D eigenvalue weighted by molar-refractivity contribution is 5.87. The molecule has 0 amide bonds. The van der Waals surface area contributed by atoms with Gasteiger partial charge in [-0.1, -0.05) is 12.1 Å². The minimum atomic E-state index is -0.0558. The lowest BCUT2D eigenvalue weighted by Crippen LogP contribution is -2.26. The first kappa shape index (κ1) is 19.2. The Labute approximate surface area is 176 Å². The van der Waals surface area contributed by atoms with Crippen LogP contribution in [-0.2, 0) is 24.8 Å². The second kappa shape index (κ2) is 7.51. The Balaban J connectivity index is 1.52. The normalized spacial score (nSPS) is 20.5. The van der Waals surface area contributed by atoms with Gasteiger partial charge in [-0.2, -0.15) is 5.10 Å². The smallest absolute Gasteiger partial charge is 0.225 e. The number of Topliss-reactive ketones (excluding diaryl/α,β-unsaturated/α-hetero) is 1. The summed E-state index contributed by atoms with van der Waals surface area (Å²) in [5, 5.41) is 5.52. The third-order valence-corrected chi connectivity index (χ3v) is 6.53. The quantitative estimate of drug-likeness (QED) is 0.663. The molecule has 1 aromatic carbocycles. The number of pyridine rings is 1. The molecule has 0 spiro atoms. The number of benzene rings is 1. The van der Waals surface area contributed by atoms with Crippen molar-refractivity contribution in [1.82, 2.24) is 19.7 Å². The molecule has 156 valence electrons. The van der Waals surface area contributed by atoms with Crippen LogP contribution in [0.1, 0.15) is 37.3 Å². The minimum absolute atomic E-state index is 0.0558. The Morgan fingerprint density at radius 3 is 2.83 bits per heavy atom. The van der Waals surface area contributed by atoms with E-state index in [0.717, 1.165) is 48.1 Å². The summed E-state index contributed by atoms with van der Waals surface area (Å²) in [7, 11) is 4.08. The van der Waals surface area contributed by atoms with Crippen molar-refractivity contribution in [3.63, 3.8) is 0 Å². The summed E-state index contributed by atoms with van der Waals surface area (Å²) in [6.07, 6.45) is 5.15. The predicted octanol–water partition coefficient (Wildman–Crippen LogP) is 3.76. The van der Waals surface area contributed by atoms with Crippen LogP contribution in [-0.4, -0.2) is 45.1 Å². The number of aryl methyl sites for hydroxylation is 1. The van der Waals surface area contributed by atoms with Gasteiger partial charge >= 0.3 is 0 Å². The van der Waals surface area contributed by atoms with Crippen LogP contribution in [0.3, 0.4) is 0 Å². The number of likely N-dealkylation sites (N-methyl/N-ethyl adjacent to an activating group) is 1. The molecular formula is C24H28N4O2. The summed E-state index contributed by atoms with van der Waals surface area (Å²) in [5.74, 6) is 1.20. The van der Waals surface area contributed by atoms with Crippen LogP contribution in [0, 0.1) is 5.92 Å². The predicted molar refractivity (Wildman–Crippen MR) is 116 cm³/mol. The van der Waals surface area contributed by atoms with Crippen LogP contribution >= 0.6 is 0 Å². The molecule has 1 fully saturated rings. The van der Waals surface area contributed by atoms with Gasteiger partial charge in [0.1, 0.15) is 11.9 Å². The Morgan fingerprint density at radius 2 is 2.03 bits per heavy atom. The molecule has 1 aliphatic heterocycles. The zero-order chi connectivity index (χ0) is 20.8. The van der Waals surface area contributed by atoms with Crippen LogP contribution in [0.15, 0.2) is 30.5 Å². The van der Waals surface area contributed by atoms with Crippen molar-refractivity contribution in [3.8, 4) is 17.1 Å². The zero-order valence-electron chi connectivity index (χ0n) is 17.9. The van der Waals surface area contributed by atoms with Gasteiger partial charge in [-0.3, -0.25) is 9.48 Å². The molecule has 5 rings (SSSR count). The van der Waals surface area contributed by atoms with Crippen molar-refractivity contribution in [2.45, 2.75) is 45.3 Å². The Hall–Kier alpha value is -2.73. The molecule has 2 aliphatic rings. The highest BCUT2D eigenvalue weighted by Crippen LogP contribution is 2.33. The average Bonchev–Trinajstić information content (AvgIpc) is 3.32. The lowest BCUT2D eigenvalue weighted by molar-refractivity contribution is -0.117. The summed E-state index contributed by atoms with van der Waals surface area (Å²) in [5.41, 5.74) is 5.63. The van der Waals surface area contributed by atoms with Gasteiger partial charge in [0.15, 0.2) is 0 Å². The molecule has 0 bridgehead atoms. The van der Waals surface area contributed by atoms with Crippen LogP contribution in [0.25, 0.3) is 22.2 Å². The fourth-order valence-electron chi connectivity index (χ4n) is 4.72. The van der Waals surface area contributed by atoms with Crippen LogP contribution < -0.4 is 4.74 Å². The number of ketones is 1. The third-order valence-electron chi connectivity index (χ3n) is 6.53. The molecular weight excluding hydrogens is 376 g/mol. The maximum absolute atomic E-state index is 11.7. The van der Waals surface area contributed by atoms with E-state index < -0.39 is 0 Å². The van der Waals surface area contributed by atoms with Crippen LogP contribution in [0.5, 0.6) is 5.88 Å². The largest absolute Gasteiger partial charge is 0.474 e. The highest BCUT2D eigenvalue weighted by atomic mass is 16.5. The monoisotopic (exact) mass is 404 g/mol. The van der Waals surface area contributed by atoms with Gasteiger partial charge < -0.3 is 9.64 Å². The van der Waals surface area contributed by atoms with Crippen LogP contribution in [0.4, 0.5) is 0 Å². The van der Waals surface area contributed by atoms with Crippen molar-refractivity contribution in [1.29, 1.82) is 0 Å². The third kappa shape index (κ3) is 3.60. The standard InChI is InChI=1S/C24H28N4O2/c1-15(17-6-7-20(29)11-17)30-24-21-14-28(3)26-23(21)12-22(25-24)18-5-4-16-8-9-27(2)13-19(16)10-18/h4-5,10,12,14-15,17H,6-9,11,13H2,1-3H3/t15-,17+/m1/s1. The van der Waals surface area contributed by atoms with E-state index in [-0.39, 0.29) is 12.0 Å². The fourth-order valence-corrected chi connectivity index (χ4v) is 4.72. The summed E-state index contributed by atoms with van der Waals surface area (Å²) in [6.45, 7) is 4.11. The fraction of sp³-hybridized carbons (Fsp3) is 0.458. The molecule has 30 heavy (non-hydrogen) atoms. The molecule has 0 saturated heterocycles. The number of nitrogens with zero attached hydrogens (tertiary/aromatic N) is 4. The summed E-state index contributed by atoms with van der Waals surface area (Å²) >= 11 is 0. The Kier molecular flexibility index (Phi) is 4.82. The van der Waals surface area contributed by atoms with E-state index in [2.05, 4.69) is 42.2 Å². The Bertz CT molecular complexity index is 1120. The summed E-state index contributed by atoms with van der Waals surface area (Å²) < 4.78 is 8.14. The van der Waals surface area contributed by atoms with Crippen LogP contribution in [0.2, 0.25) is 0 Å². The van der Waals surface area contributed by atoms with Crippen molar-refractivity contribution < 1.29 is 9.53 Å². The van der Waals surface area contributed by atoms with E-state index >= 15 is 0 Å². The molecule has 0 N–H and O–H groups in total. The lowest BCUT2D eigenvalue weighted by atomic mass is 9.96. The molecule has 2 atom stereocenters. The number of aromatic nitrogens is 3. The SMILES string of the molecule is C[C@@H](Oc1nc(-c2ccc3c(c2)CN(C)CC3)cc2nn(C)cc12)[C@H]1CCC(=O)C1. The van der Waals surface area contributed by atoms with Crippen molar-refractivity contribution in [3.05, 3.63) is 41.6 Å². The topological polar surface area (TPSA) is 60.2 Å². The van der Waals surface area contributed by atoms with E-state index in [9.17, 15) is 4.79 Å². The molecule has 2 aromatic heterocycles. The summed E-state index contributed by atoms with van der Waals surface area (Å²) in [6, 6.07) is 8.69. The second-order valence-corrected chi connectivity index (χ2v) is 8.88. The van der Waals surface area contributed by atoms with Gasteiger partial charge in [0.2, 0.25) is 5.88 Å². The number of ether oxygens (including phenoxy) is 1. The van der Waals surface area contributed by atoms with E-state index in [4.69, 9.17) is 9.72 Å². The van der Waals surface area contributed by atoms with E-state index in [1.54, 1.807) is 4.68 Å². The van der Waals surface area contributed by atoms with Gasteiger partial charge in [0.05, 0.1) is 16.6 Å². The van der Waals surface area contributed by atoms with Crippen molar-refractivity contribution >= 4 is 16.7 Å². The zero-order valence-corrected chi connectivity index (χ0v) is 17.9. The van der Waals surface area contributed by atoms with Gasteiger partial charge in [-0.15, -0.1) is 0 Å².